The van der Waals surface area contributed by atoms with E-state index in [1.807, 2.05) is 30.0 Å². The van der Waals surface area contributed by atoms with Crippen LogP contribution in [0.3, 0.4) is 0 Å². The Balaban J connectivity index is 1.46. The summed E-state index contributed by atoms with van der Waals surface area (Å²) in [6, 6.07) is 5.95. The number of fused-ring (bicyclic) bond motifs is 1. The first kappa shape index (κ1) is 21.1. The third kappa shape index (κ3) is 4.47. The number of nitrogens with zero attached hydrogens (tertiary/aromatic N) is 6. The Kier molecular flexibility index (Phi) is 6.33. The molecule has 31 heavy (non-hydrogen) atoms. The van der Waals surface area contributed by atoms with Gasteiger partial charge >= 0.3 is 5.69 Å². The average molecular weight is 430 g/mol. The van der Waals surface area contributed by atoms with Crippen molar-refractivity contribution in [2.75, 3.05) is 62.5 Å². The van der Waals surface area contributed by atoms with Gasteiger partial charge in [0, 0.05) is 45.8 Å². The molecule has 1 saturated heterocycles. The van der Waals surface area contributed by atoms with Gasteiger partial charge in [-0.2, -0.15) is 0 Å². The van der Waals surface area contributed by atoms with E-state index in [4.69, 9.17) is 9.47 Å². The van der Waals surface area contributed by atoms with Gasteiger partial charge in [-0.25, -0.2) is 9.97 Å². The van der Waals surface area contributed by atoms with Crippen LogP contribution in [0, 0.1) is 10.1 Å². The molecule has 1 aromatic carbocycles. The van der Waals surface area contributed by atoms with Crippen LogP contribution in [0.1, 0.15) is 12.5 Å². The maximum atomic E-state index is 11.9. The molecule has 3 heterocycles. The number of hydrogen-bond donors (Lipinski definition) is 1. The number of anilines is 2. The van der Waals surface area contributed by atoms with Crippen LogP contribution in [0.2, 0.25) is 0 Å². The number of aliphatic hydroxyl groups is 1. The van der Waals surface area contributed by atoms with E-state index in [1.54, 1.807) is 4.90 Å². The van der Waals surface area contributed by atoms with Crippen LogP contribution in [-0.4, -0.2) is 77.6 Å². The predicted octanol–water partition coefficient (Wildman–Crippen LogP) is 1.25. The molecular weight excluding hydrogens is 404 g/mol. The Hall–Kier alpha value is -3.18. The number of aromatic nitrogens is 2. The molecule has 1 aromatic heterocycles. The van der Waals surface area contributed by atoms with Crippen molar-refractivity contribution in [1.82, 2.24) is 14.9 Å². The molecule has 0 bridgehead atoms. The van der Waals surface area contributed by atoms with Crippen LogP contribution in [-0.2, 0) is 6.54 Å². The molecule has 0 amide bonds. The third-order valence-corrected chi connectivity index (χ3v) is 5.53. The summed E-state index contributed by atoms with van der Waals surface area (Å²) in [5.41, 5.74) is 1.03. The topological polar surface area (TPSA) is 117 Å². The highest BCUT2D eigenvalue weighted by Gasteiger charge is 2.31. The summed E-state index contributed by atoms with van der Waals surface area (Å²) in [7, 11) is 0. The second-order valence-corrected chi connectivity index (χ2v) is 7.38. The second-order valence-electron chi connectivity index (χ2n) is 7.38. The van der Waals surface area contributed by atoms with E-state index in [-0.39, 0.29) is 31.4 Å². The molecule has 2 aliphatic heterocycles. The van der Waals surface area contributed by atoms with Gasteiger partial charge in [0.05, 0.1) is 11.5 Å². The molecule has 11 heteroatoms. The number of hydrogen-bond acceptors (Lipinski definition) is 10. The molecule has 0 atom stereocenters. The fourth-order valence-corrected chi connectivity index (χ4v) is 3.94. The number of ether oxygens (including phenoxy) is 2. The number of likely N-dealkylation sites (N-methyl/N-ethyl adjacent to an activating group) is 1. The fourth-order valence-electron chi connectivity index (χ4n) is 3.94. The van der Waals surface area contributed by atoms with Crippen molar-refractivity contribution in [2.45, 2.75) is 13.5 Å². The van der Waals surface area contributed by atoms with Crippen molar-refractivity contribution in [3.63, 3.8) is 0 Å². The lowest BCUT2D eigenvalue weighted by atomic mass is 10.1. The van der Waals surface area contributed by atoms with Crippen LogP contribution < -0.4 is 19.3 Å². The maximum Gasteiger partial charge on any atom is 0.353 e. The molecule has 0 aliphatic carbocycles. The van der Waals surface area contributed by atoms with Crippen LogP contribution in [0.25, 0.3) is 0 Å². The molecule has 166 valence electrons. The minimum absolute atomic E-state index is 0.108. The molecule has 0 unspecified atom stereocenters. The van der Waals surface area contributed by atoms with Crippen molar-refractivity contribution < 1.29 is 19.5 Å². The molecule has 0 saturated carbocycles. The summed E-state index contributed by atoms with van der Waals surface area (Å²) in [5.74, 6) is 2.11. The SMILES string of the molecule is CCN(CCO)c1ncnc(N2CCN(Cc3ccc4c(c3)OCO4)CC2)c1[N+](=O)[O-]. The van der Waals surface area contributed by atoms with E-state index in [0.717, 1.165) is 36.7 Å². The molecule has 0 spiro atoms. The van der Waals surface area contributed by atoms with Gasteiger partial charge in [-0.15, -0.1) is 0 Å². The standard InChI is InChI=1S/C20H26N6O5/c1-2-24(9-10-27)19-18(26(28)29)20(22-13-21-19)25-7-5-23(6-8-25)12-15-3-4-16-17(11-15)31-14-30-16/h3-4,11,13,27H,2,5-10,12,14H2,1H3. The zero-order valence-electron chi connectivity index (χ0n) is 17.4. The molecule has 2 aromatic rings. The lowest BCUT2D eigenvalue weighted by molar-refractivity contribution is -0.383. The summed E-state index contributed by atoms with van der Waals surface area (Å²) in [5, 5.41) is 21.2. The molecular formula is C20H26N6O5. The summed E-state index contributed by atoms with van der Waals surface area (Å²) in [4.78, 5) is 25.8. The first-order valence-electron chi connectivity index (χ1n) is 10.3. The van der Waals surface area contributed by atoms with Gasteiger partial charge in [0.25, 0.3) is 0 Å². The van der Waals surface area contributed by atoms with E-state index in [0.29, 0.717) is 25.5 Å². The largest absolute Gasteiger partial charge is 0.454 e. The zero-order chi connectivity index (χ0) is 21.8. The van der Waals surface area contributed by atoms with Gasteiger partial charge < -0.3 is 24.4 Å². The number of benzene rings is 1. The number of nitro groups is 1. The minimum atomic E-state index is -0.427. The lowest BCUT2D eigenvalue weighted by Gasteiger charge is -2.35. The average Bonchev–Trinajstić information content (AvgIpc) is 3.25. The first-order valence-corrected chi connectivity index (χ1v) is 10.3. The normalized spacial score (nSPS) is 15.9. The summed E-state index contributed by atoms with van der Waals surface area (Å²) in [6.45, 7) is 6.30. The Morgan fingerprint density at radius 2 is 1.97 bits per heavy atom. The zero-order valence-corrected chi connectivity index (χ0v) is 17.4. The first-order chi connectivity index (χ1) is 15.1. The van der Waals surface area contributed by atoms with Gasteiger partial charge in [0.15, 0.2) is 11.5 Å². The van der Waals surface area contributed by atoms with Gasteiger partial charge in [0.2, 0.25) is 18.4 Å². The van der Waals surface area contributed by atoms with Gasteiger partial charge in [-0.1, -0.05) is 6.07 Å². The van der Waals surface area contributed by atoms with Crippen molar-refractivity contribution in [2.24, 2.45) is 0 Å². The van der Waals surface area contributed by atoms with Gasteiger partial charge in [-0.05, 0) is 24.6 Å². The lowest BCUT2D eigenvalue weighted by Crippen LogP contribution is -2.46. The van der Waals surface area contributed by atoms with Crippen molar-refractivity contribution in [1.29, 1.82) is 0 Å². The number of piperazine rings is 1. The number of aliphatic hydroxyl groups excluding tert-OH is 1. The quantitative estimate of drug-likeness (QED) is 0.484. The molecule has 1 N–H and O–H groups in total. The summed E-state index contributed by atoms with van der Waals surface area (Å²) in [6.07, 6.45) is 1.36. The molecule has 11 nitrogen and oxygen atoms in total. The van der Waals surface area contributed by atoms with Crippen molar-refractivity contribution >= 4 is 17.3 Å². The third-order valence-electron chi connectivity index (χ3n) is 5.53. The highest BCUT2D eigenvalue weighted by Crippen LogP contribution is 2.35. The maximum absolute atomic E-state index is 11.9. The monoisotopic (exact) mass is 430 g/mol. The Labute approximate surface area is 180 Å². The summed E-state index contributed by atoms with van der Waals surface area (Å²) >= 11 is 0. The fraction of sp³-hybridized carbons (Fsp3) is 0.500. The highest BCUT2D eigenvalue weighted by molar-refractivity contribution is 5.71. The smallest absolute Gasteiger partial charge is 0.353 e. The predicted molar refractivity (Wildman–Crippen MR) is 114 cm³/mol. The summed E-state index contributed by atoms with van der Waals surface area (Å²) < 4.78 is 10.8. The Morgan fingerprint density at radius 1 is 1.19 bits per heavy atom. The van der Waals surface area contributed by atoms with E-state index in [9.17, 15) is 15.2 Å². The molecule has 1 fully saturated rings. The van der Waals surface area contributed by atoms with E-state index < -0.39 is 4.92 Å². The Morgan fingerprint density at radius 3 is 2.68 bits per heavy atom. The van der Waals surface area contributed by atoms with Crippen LogP contribution in [0.5, 0.6) is 11.5 Å². The molecule has 0 radical (unpaired) electrons. The number of rotatable bonds is 8. The second kappa shape index (κ2) is 9.31. The van der Waals surface area contributed by atoms with Crippen molar-refractivity contribution in [3.8, 4) is 11.5 Å². The Bertz CT molecular complexity index is 934. The van der Waals surface area contributed by atoms with E-state index >= 15 is 0 Å². The van der Waals surface area contributed by atoms with Crippen molar-refractivity contribution in [3.05, 3.63) is 40.2 Å². The molecule has 4 rings (SSSR count). The minimum Gasteiger partial charge on any atom is -0.454 e. The van der Waals surface area contributed by atoms with Crippen LogP contribution >= 0.6 is 0 Å². The van der Waals surface area contributed by atoms with Crippen LogP contribution in [0.4, 0.5) is 17.3 Å². The van der Waals surface area contributed by atoms with E-state index in [2.05, 4.69) is 14.9 Å². The van der Waals surface area contributed by atoms with Gasteiger partial charge in [-0.3, -0.25) is 15.0 Å². The molecule has 2 aliphatic rings. The van der Waals surface area contributed by atoms with E-state index in [1.165, 1.54) is 6.33 Å². The highest BCUT2D eigenvalue weighted by atomic mass is 16.7. The van der Waals surface area contributed by atoms with Gasteiger partial charge in [0.1, 0.15) is 6.33 Å². The van der Waals surface area contributed by atoms with Crippen LogP contribution in [0.15, 0.2) is 24.5 Å².